The average Bonchev–Trinajstić information content (AvgIpc) is 2.35. The van der Waals surface area contributed by atoms with Gasteiger partial charge in [-0.2, -0.15) is 5.26 Å². The minimum absolute atomic E-state index is 0.236. The van der Waals surface area contributed by atoms with Gasteiger partial charge in [-0.15, -0.1) is 0 Å². The molecule has 0 aliphatic heterocycles. The molecule has 0 saturated heterocycles. The molecule has 0 heterocycles. The van der Waals surface area contributed by atoms with E-state index in [1.165, 1.54) is 37.8 Å². The Kier molecular flexibility index (Phi) is 3.98. The van der Waals surface area contributed by atoms with Crippen LogP contribution in [0.3, 0.4) is 0 Å². The summed E-state index contributed by atoms with van der Waals surface area (Å²) in [5.74, 6) is -0.236. The number of halogens is 1. The second kappa shape index (κ2) is 5.49. The Hall–Kier alpha value is -1.40. The molecular weight excluding hydrogens is 227 g/mol. The smallest absolute Gasteiger partial charge is 0.127 e. The van der Waals surface area contributed by atoms with E-state index >= 15 is 0 Å². The van der Waals surface area contributed by atoms with Crippen LogP contribution in [0, 0.1) is 22.6 Å². The first-order valence-electron chi connectivity index (χ1n) is 6.58. The minimum Gasteiger partial charge on any atom is -0.312 e. The van der Waals surface area contributed by atoms with Crippen LogP contribution in [0.5, 0.6) is 0 Å². The molecule has 0 radical (unpaired) electrons. The van der Waals surface area contributed by atoms with Gasteiger partial charge < -0.3 is 5.32 Å². The van der Waals surface area contributed by atoms with E-state index in [2.05, 4.69) is 12.2 Å². The molecule has 2 rings (SSSR count). The minimum atomic E-state index is -0.236. The summed E-state index contributed by atoms with van der Waals surface area (Å²) in [5.41, 5.74) is 1.53. The molecule has 1 aliphatic rings. The van der Waals surface area contributed by atoms with Gasteiger partial charge in [0.05, 0.1) is 11.6 Å². The number of rotatable bonds is 5. The lowest BCUT2D eigenvalue weighted by Crippen LogP contribution is -2.39. The standard InChI is InChI=1S/C15H19FN2/c1-2-15(6-3-7-15)11-18-10-13-8-12(9-17)4-5-14(13)16/h4-5,8,18H,2-3,6-7,10-11H2,1H3. The molecule has 1 saturated carbocycles. The SMILES string of the molecule is CCC1(CNCc2cc(C#N)ccc2F)CCC1. The van der Waals surface area contributed by atoms with Gasteiger partial charge in [-0.05, 0) is 42.9 Å². The van der Waals surface area contributed by atoms with Crippen molar-refractivity contribution in [3.05, 3.63) is 35.1 Å². The van der Waals surface area contributed by atoms with Crippen molar-refractivity contribution in [2.75, 3.05) is 6.54 Å². The summed E-state index contributed by atoms with van der Waals surface area (Å²) >= 11 is 0. The van der Waals surface area contributed by atoms with Crippen LogP contribution in [0.1, 0.15) is 43.7 Å². The van der Waals surface area contributed by atoms with E-state index in [4.69, 9.17) is 5.26 Å². The molecule has 0 amide bonds. The zero-order valence-electron chi connectivity index (χ0n) is 10.8. The summed E-state index contributed by atoms with van der Waals surface area (Å²) in [4.78, 5) is 0. The van der Waals surface area contributed by atoms with Crippen molar-refractivity contribution in [1.29, 1.82) is 5.26 Å². The van der Waals surface area contributed by atoms with E-state index in [0.717, 1.165) is 6.54 Å². The first-order chi connectivity index (χ1) is 8.69. The average molecular weight is 246 g/mol. The Morgan fingerprint density at radius 3 is 2.78 bits per heavy atom. The summed E-state index contributed by atoms with van der Waals surface area (Å²) in [7, 11) is 0. The predicted octanol–water partition coefficient (Wildman–Crippen LogP) is 3.37. The molecule has 0 unspecified atom stereocenters. The number of nitrogens with zero attached hydrogens (tertiary/aromatic N) is 1. The van der Waals surface area contributed by atoms with Crippen molar-refractivity contribution in [2.45, 2.75) is 39.2 Å². The zero-order valence-corrected chi connectivity index (χ0v) is 10.8. The fourth-order valence-electron chi connectivity index (χ4n) is 2.57. The lowest BCUT2D eigenvalue weighted by molar-refractivity contribution is 0.123. The Labute approximate surface area is 108 Å². The van der Waals surface area contributed by atoms with Crippen molar-refractivity contribution < 1.29 is 4.39 Å². The van der Waals surface area contributed by atoms with Gasteiger partial charge >= 0.3 is 0 Å². The molecule has 0 atom stereocenters. The molecule has 3 heteroatoms. The van der Waals surface area contributed by atoms with Gasteiger partial charge in [-0.25, -0.2) is 4.39 Å². The number of benzene rings is 1. The molecule has 1 aromatic carbocycles. The molecule has 0 bridgehead atoms. The Balaban J connectivity index is 1.92. The highest BCUT2D eigenvalue weighted by atomic mass is 19.1. The van der Waals surface area contributed by atoms with Crippen LogP contribution < -0.4 is 5.32 Å². The molecule has 1 fully saturated rings. The van der Waals surface area contributed by atoms with Gasteiger partial charge in [0.2, 0.25) is 0 Å². The third-order valence-electron chi connectivity index (χ3n) is 4.15. The van der Waals surface area contributed by atoms with Crippen LogP contribution in [-0.4, -0.2) is 6.54 Å². The molecule has 18 heavy (non-hydrogen) atoms. The monoisotopic (exact) mass is 246 g/mol. The molecule has 1 aromatic rings. The molecular formula is C15H19FN2. The highest BCUT2D eigenvalue weighted by molar-refractivity contribution is 5.33. The quantitative estimate of drug-likeness (QED) is 0.864. The summed E-state index contributed by atoms with van der Waals surface area (Å²) in [6.07, 6.45) is 5.04. The van der Waals surface area contributed by atoms with Gasteiger partial charge in [0.1, 0.15) is 5.82 Å². The van der Waals surface area contributed by atoms with E-state index in [0.29, 0.717) is 23.1 Å². The maximum Gasteiger partial charge on any atom is 0.127 e. The fraction of sp³-hybridized carbons (Fsp3) is 0.533. The third-order valence-corrected chi connectivity index (χ3v) is 4.15. The first-order valence-corrected chi connectivity index (χ1v) is 6.58. The summed E-state index contributed by atoms with van der Waals surface area (Å²) in [5, 5.41) is 12.1. The van der Waals surface area contributed by atoms with E-state index in [1.807, 2.05) is 6.07 Å². The molecule has 0 aromatic heterocycles. The zero-order chi connectivity index (χ0) is 13.0. The van der Waals surface area contributed by atoms with Gasteiger partial charge in [-0.1, -0.05) is 13.3 Å². The second-order valence-electron chi connectivity index (χ2n) is 5.23. The van der Waals surface area contributed by atoms with Gasteiger partial charge in [-0.3, -0.25) is 0 Å². The second-order valence-corrected chi connectivity index (χ2v) is 5.23. The largest absolute Gasteiger partial charge is 0.312 e. The van der Waals surface area contributed by atoms with E-state index in [1.54, 1.807) is 6.07 Å². The molecule has 1 aliphatic carbocycles. The lowest BCUT2D eigenvalue weighted by Gasteiger charge is -2.41. The fourth-order valence-corrected chi connectivity index (χ4v) is 2.57. The van der Waals surface area contributed by atoms with Gasteiger partial charge in [0.25, 0.3) is 0 Å². The Morgan fingerprint density at radius 1 is 1.44 bits per heavy atom. The predicted molar refractivity (Wildman–Crippen MR) is 69.4 cm³/mol. The summed E-state index contributed by atoms with van der Waals surface area (Å²) < 4.78 is 13.6. The summed E-state index contributed by atoms with van der Waals surface area (Å²) in [6.45, 7) is 3.67. The van der Waals surface area contributed by atoms with Gasteiger partial charge in [0.15, 0.2) is 0 Å². The third kappa shape index (κ3) is 2.70. The highest BCUT2D eigenvalue weighted by Gasteiger charge is 2.34. The number of hydrogen-bond donors (Lipinski definition) is 1. The maximum atomic E-state index is 13.6. The van der Waals surface area contributed by atoms with Crippen molar-refractivity contribution in [1.82, 2.24) is 5.32 Å². The number of nitrogens with one attached hydrogen (secondary N) is 1. The summed E-state index contributed by atoms with van der Waals surface area (Å²) in [6, 6.07) is 6.55. The Bertz CT molecular complexity index is 453. The van der Waals surface area contributed by atoms with Crippen LogP contribution in [0.25, 0.3) is 0 Å². The van der Waals surface area contributed by atoms with Crippen molar-refractivity contribution in [3.63, 3.8) is 0 Å². The van der Waals surface area contributed by atoms with Crippen molar-refractivity contribution >= 4 is 0 Å². The van der Waals surface area contributed by atoms with Crippen LogP contribution in [0.2, 0.25) is 0 Å². The topological polar surface area (TPSA) is 35.8 Å². The van der Waals surface area contributed by atoms with Crippen molar-refractivity contribution in [2.24, 2.45) is 5.41 Å². The molecule has 1 N–H and O–H groups in total. The van der Waals surface area contributed by atoms with Crippen LogP contribution in [-0.2, 0) is 6.54 Å². The Morgan fingerprint density at radius 2 is 2.22 bits per heavy atom. The van der Waals surface area contributed by atoms with E-state index < -0.39 is 0 Å². The number of hydrogen-bond acceptors (Lipinski definition) is 2. The van der Waals surface area contributed by atoms with E-state index in [-0.39, 0.29) is 5.82 Å². The van der Waals surface area contributed by atoms with Crippen LogP contribution in [0.15, 0.2) is 18.2 Å². The maximum absolute atomic E-state index is 13.6. The highest BCUT2D eigenvalue weighted by Crippen LogP contribution is 2.43. The van der Waals surface area contributed by atoms with Gasteiger partial charge in [0, 0.05) is 18.7 Å². The molecule has 96 valence electrons. The van der Waals surface area contributed by atoms with Crippen LogP contribution in [0.4, 0.5) is 4.39 Å². The van der Waals surface area contributed by atoms with Crippen molar-refractivity contribution in [3.8, 4) is 6.07 Å². The van der Waals surface area contributed by atoms with Crippen LogP contribution >= 0.6 is 0 Å². The lowest BCUT2D eigenvalue weighted by atomic mass is 9.67. The molecule has 2 nitrogen and oxygen atoms in total. The number of nitriles is 1. The molecule has 0 spiro atoms. The first kappa shape index (κ1) is 13.0. The van der Waals surface area contributed by atoms with E-state index in [9.17, 15) is 4.39 Å². The normalized spacial score (nSPS) is 16.9.